The van der Waals surface area contributed by atoms with E-state index in [-0.39, 0.29) is 16.8 Å². The number of anilines is 1. The van der Waals surface area contributed by atoms with Crippen LogP contribution in [0, 0.1) is 17.8 Å². The van der Waals surface area contributed by atoms with E-state index < -0.39 is 10.0 Å². The molecule has 2 fully saturated rings. The van der Waals surface area contributed by atoms with Crippen molar-refractivity contribution in [2.24, 2.45) is 17.8 Å². The zero-order valence-corrected chi connectivity index (χ0v) is 18.1. The Morgan fingerprint density at radius 3 is 2.60 bits per heavy atom. The highest BCUT2D eigenvalue weighted by Crippen LogP contribution is 2.49. The monoisotopic (exact) mass is 428 g/mol. The van der Waals surface area contributed by atoms with Crippen LogP contribution in [0.5, 0.6) is 5.75 Å². The van der Waals surface area contributed by atoms with Crippen LogP contribution >= 0.6 is 0 Å². The molecule has 4 unspecified atom stereocenters. The van der Waals surface area contributed by atoms with Crippen LogP contribution in [-0.2, 0) is 10.0 Å². The number of carbonyl (C=O) groups is 1. The predicted molar refractivity (Wildman–Crippen MR) is 116 cm³/mol. The highest BCUT2D eigenvalue weighted by atomic mass is 32.2. The minimum atomic E-state index is -3.86. The third kappa shape index (κ3) is 4.17. The Morgan fingerprint density at radius 1 is 1.10 bits per heavy atom. The van der Waals surface area contributed by atoms with E-state index >= 15 is 0 Å². The van der Waals surface area contributed by atoms with Crippen LogP contribution in [0.1, 0.15) is 43.0 Å². The zero-order valence-electron chi connectivity index (χ0n) is 17.3. The molecule has 0 aliphatic heterocycles. The second-order valence-electron chi connectivity index (χ2n) is 8.43. The molecular weight excluding hydrogens is 400 g/mol. The van der Waals surface area contributed by atoms with E-state index in [4.69, 9.17) is 4.74 Å². The molecule has 6 nitrogen and oxygen atoms in total. The van der Waals surface area contributed by atoms with Gasteiger partial charge in [-0.1, -0.05) is 24.6 Å². The summed E-state index contributed by atoms with van der Waals surface area (Å²) >= 11 is 0. The van der Waals surface area contributed by atoms with Crippen molar-refractivity contribution in [3.63, 3.8) is 0 Å². The quantitative estimate of drug-likeness (QED) is 0.697. The fourth-order valence-corrected chi connectivity index (χ4v) is 6.16. The molecular formula is C23H28N2O4S. The van der Waals surface area contributed by atoms with Crippen LogP contribution in [0.2, 0.25) is 0 Å². The van der Waals surface area contributed by atoms with Crippen LogP contribution in [0.15, 0.2) is 53.4 Å². The number of rotatable bonds is 7. The first-order chi connectivity index (χ1) is 14.4. The highest BCUT2D eigenvalue weighted by molar-refractivity contribution is 7.92. The van der Waals surface area contributed by atoms with Gasteiger partial charge in [0.15, 0.2) is 0 Å². The van der Waals surface area contributed by atoms with Crippen LogP contribution in [0.3, 0.4) is 0 Å². The summed E-state index contributed by atoms with van der Waals surface area (Å²) in [5.74, 6) is 2.23. The van der Waals surface area contributed by atoms with Gasteiger partial charge < -0.3 is 10.1 Å². The van der Waals surface area contributed by atoms with E-state index in [1.54, 1.807) is 36.4 Å². The molecule has 0 saturated heterocycles. The number of hydrogen-bond acceptors (Lipinski definition) is 4. The van der Waals surface area contributed by atoms with E-state index in [1.807, 2.05) is 0 Å². The Bertz CT molecular complexity index is 1040. The highest BCUT2D eigenvalue weighted by Gasteiger charge is 2.42. The van der Waals surface area contributed by atoms with Gasteiger partial charge in [-0.25, -0.2) is 8.42 Å². The molecule has 2 N–H and O–H groups in total. The molecule has 0 heterocycles. The van der Waals surface area contributed by atoms with Gasteiger partial charge in [-0.3, -0.25) is 9.52 Å². The summed E-state index contributed by atoms with van der Waals surface area (Å²) in [4.78, 5) is 12.8. The first-order valence-electron chi connectivity index (χ1n) is 10.4. The van der Waals surface area contributed by atoms with Crippen molar-refractivity contribution in [3.05, 3.63) is 54.1 Å². The topological polar surface area (TPSA) is 84.5 Å². The Hall–Kier alpha value is -2.54. The molecule has 160 valence electrons. The summed E-state index contributed by atoms with van der Waals surface area (Å²) in [5, 5.41) is 3.10. The number of sulfonamides is 1. The maximum atomic E-state index is 12.9. The fraction of sp³-hybridized carbons (Fsp3) is 0.435. The first-order valence-corrected chi connectivity index (χ1v) is 11.9. The maximum Gasteiger partial charge on any atom is 0.262 e. The Labute approximate surface area is 178 Å². The number of nitrogens with one attached hydrogen (secondary N) is 2. The smallest absolute Gasteiger partial charge is 0.262 e. The van der Waals surface area contributed by atoms with Crippen LogP contribution in [0.4, 0.5) is 5.69 Å². The van der Waals surface area contributed by atoms with Gasteiger partial charge in [0.25, 0.3) is 15.9 Å². The lowest BCUT2D eigenvalue weighted by molar-refractivity contribution is 0.0915. The SMILES string of the molecule is COc1ccccc1NS(=O)(=O)c1cccc(C(=O)NC(C)C2CC3CCC2C3)c1. The largest absolute Gasteiger partial charge is 0.495 e. The van der Waals surface area contributed by atoms with Gasteiger partial charge in [-0.15, -0.1) is 0 Å². The van der Waals surface area contributed by atoms with Gasteiger partial charge in [0, 0.05) is 11.6 Å². The first kappa shape index (κ1) is 20.7. The number of para-hydroxylation sites is 2. The average Bonchev–Trinajstić information content (AvgIpc) is 3.38. The second kappa shape index (κ2) is 8.30. The normalized spacial score (nSPS) is 23.7. The predicted octanol–water partition coefficient (Wildman–Crippen LogP) is 4.05. The molecule has 1 amide bonds. The summed E-state index contributed by atoms with van der Waals surface area (Å²) in [6, 6.07) is 13.0. The minimum Gasteiger partial charge on any atom is -0.495 e. The molecule has 2 aliphatic rings. The number of hydrogen-bond donors (Lipinski definition) is 2. The zero-order chi connectivity index (χ0) is 21.3. The molecule has 2 aromatic carbocycles. The molecule has 0 aromatic heterocycles. The number of methoxy groups -OCH3 is 1. The lowest BCUT2D eigenvalue weighted by Gasteiger charge is -2.28. The van der Waals surface area contributed by atoms with E-state index in [2.05, 4.69) is 17.0 Å². The molecule has 4 atom stereocenters. The summed E-state index contributed by atoms with van der Waals surface area (Å²) < 4.78 is 33.5. The van der Waals surface area contributed by atoms with Crippen molar-refractivity contribution < 1.29 is 17.9 Å². The molecule has 2 aromatic rings. The van der Waals surface area contributed by atoms with Crippen molar-refractivity contribution in [3.8, 4) is 5.75 Å². The van der Waals surface area contributed by atoms with Gasteiger partial charge >= 0.3 is 0 Å². The summed E-state index contributed by atoms with van der Waals surface area (Å²) in [6.45, 7) is 2.06. The maximum absolute atomic E-state index is 12.9. The van der Waals surface area contributed by atoms with E-state index in [0.29, 0.717) is 28.8 Å². The summed E-state index contributed by atoms with van der Waals surface area (Å²) in [6.07, 6.45) is 5.05. The minimum absolute atomic E-state index is 0.0358. The number of carbonyl (C=O) groups excluding carboxylic acids is 1. The average molecular weight is 429 g/mol. The van der Waals surface area contributed by atoms with Crippen molar-refractivity contribution in [2.45, 2.75) is 43.5 Å². The van der Waals surface area contributed by atoms with Crippen molar-refractivity contribution >= 4 is 21.6 Å². The van der Waals surface area contributed by atoms with E-state index in [1.165, 1.54) is 44.9 Å². The molecule has 0 radical (unpaired) electrons. The molecule has 2 saturated carbocycles. The number of amides is 1. The lowest BCUT2D eigenvalue weighted by Crippen LogP contribution is -2.40. The van der Waals surface area contributed by atoms with Gasteiger partial charge in [0.1, 0.15) is 5.75 Å². The van der Waals surface area contributed by atoms with Crippen LogP contribution < -0.4 is 14.8 Å². The third-order valence-electron chi connectivity index (χ3n) is 6.55. The molecule has 2 aliphatic carbocycles. The Morgan fingerprint density at radius 2 is 1.90 bits per heavy atom. The third-order valence-corrected chi connectivity index (χ3v) is 7.91. The molecule has 0 spiro atoms. The van der Waals surface area contributed by atoms with Gasteiger partial charge in [0.05, 0.1) is 17.7 Å². The molecule has 2 bridgehead atoms. The molecule has 4 rings (SSSR count). The van der Waals surface area contributed by atoms with Crippen molar-refractivity contribution in [2.75, 3.05) is 11.8 Å². The Balaban J connectivity index is 1.48. The van der Waals surface area contributed by atoms with E-state index in [0.717, 1.165) is 5.92 Å². The number of ether oxygens (including phenoxy) is 1. The number of benzene rings is 2. The van der Waals surface area contributed by atoms with Crippen molar-refractivity contribution in [1.29, 1.82) is 0 Å². The van der Waals surface area contributed by atoms with Gasteiger partial charge in [-0.2, -0.15) is 0 Å². The lowest BCUT2D eigenvalue weighted by atomic mass is 9.84. The van der Waals surface area contributed by atoms with Gasteiger partial charge in [0.2, 0.25) is 0 Å². The Kier molecular flexibility index (Phi) is 5.73. The molecule has 7 heteroatoms. The molecule has 30 heavy (non-hydrogen) atoms. The summed E-state index contributed by atoms with van der Waals surface area (Å²) in [5.41, 5.74) is 0.688. The summed E-state index contributed by atoms with van der Waals surface area (Å²) in [7, 11) is -2.38. The van der Waals surface area contributed by atoms with Crippen LogP contribution in [-0.4, -0.2) is 27.5 Å². The number of fused-ring (bicyclic) bond motifs is 2. The van der Waals surface area contributed by atoms with Gasteiger partial charge in [-0.05, 0) is 74.3 Å². The van der Waals surface area contributed by atoms with Crippen LogP contribution in [0.25, 0.3) is 0 Å². The standard InChI is InChI=1S/C23H28N2O4S/c1-15(20-13-16-10-11-17(20)12-16)24-23(26)18-6-5-7-19(14-18)30(27,28)25-21-8-3-4-9-22(21)29-2/h3-9,14-17,20,25H,10-13H2,1-2H3,(H,24,26). The fourth-order valence-electron chi connectivity index (χ4n) is 5.04. The van der Waals surface area contributed by atoms with Crippen molar-refractivity contribution in [1.82, 2.24) is 5.32 Å². The second-order valence-corrected chi connectivity index (χ2v) is 10.1. The van der Waals surface area contributed by atoms with E-state index in [9.17, 15) is 13.2 Å².